The Morgan fingerprint density at radius 1 is 1.54 bits per heavy atom. The maximum atomic E-state index is 5.15. The fourth-order valence-corrected chi connectivity index (χ4v) is 1.49. The highest BCUT2D eigenvalue weighted by Gasteiger charge is 2.17. The molecule has 1 heterocycles. The van der Waals surface area contributed by atoms with E-state index in [2.05, 4.69) is 11.5 Å². The Hall–Kier alpha value is -1.06. The van der Waals surface area contributed by atoms with Crippen molar-refractivity contribution in [1.29, 1.82) is 0 Å². The highest BCUT2D eigenvalue weighted by molar-refractivity contribution is 5.30. The first-order chi connectivity index (χ1) is 6.40. The monoisotopic (exact) mass is 179 g/mol. The van der Waals surface area contributed by atoms with E-state index < -0.39 is 0 Å². The van der Waals surface area contributed by atoms with Gasteiger partial charge < -0.3 is 9.57 Å². The number of ether oxygens (including phenoxy) is 1. The van der Waals surface area contributed by atoms with E-state index in [4.69, 9.17) is 9.57 Å². The zero-order chi connectivity index (χ0) is 9.10. The van der Waals surface area contributed by atoms with Crippen LogP contribution in [-0.4, -0.2) is 13.7 Å². The number of nitrogens with one attached hydrogen (secondary N) is 1. The molecule has 0 amide bonds. The lowest BCUT2D eigenvalue weighted by molar-refractivity contribution is 0.0882. The highest BCUT2D eigenvalue weighted by atomic mass is 16.7. The fraction of sp³-hybridized carbons (Fsp3) is 0.400. The van der Waals surface area contributed by atoms with Crippen molar-refractivity contribution >= 4 is 0 Å². The zero-order valence-corrected chi connectivity index (χ0v) is 7.62. The van der Waals surface area contributed by atoms with Crippen LogP contribution in [0.1, 0.15) is 18.0 Å². The molecule has 13 heavy (non-hydrogen) atoms. The van der Waals surface area contributed by atoms with Gasteiger partial charge in [-0.1, -0.05) is 12.1 Å². The lowest BCUT2D eigenvalue weighted by Gasteiger charge is -2.09. The number of benzene rings is 1. The van der Waals surface area contributed by atoms with Crippen molar-refractivity contribution in [3.63, 3.8) is 0 Å². The molecule has 1 saturated heterocycles. The Balaban J connectivity index is 2.18. The second-order valence-corrected chi connectivity index (χ2v) is 3.08. The summed E-state index contributed by atoms with van der Waals surface area (Å²) in [4.78, 5) is 5.09. The third kappa shape index (κ3) is 1.82. The van der Waals surface area contributed by atoms with Crippen molar-refractivity contribution in [2.24, 2.45) is 0 Å². The summed E-state index contributed by atoms with van der Waals surface area (Å²) in [6, 6.07) is 8.37. The van der Waals surface area contributed by atoms with Gasteiger partial charge in [-0.3, -0.25) is 0 Å². The predicted molar refractivity (Wildman–Crippen MR) is 49.4 cm³/mol. The van der Waals surface area contributed by atoms with Gasteiger partial charge in [-0.05, 0) is 24.1 Å². The molecule has 1 atom stereocenters. The summed E-state index contributed by atoms with van der Waals surface area (Å²) >= 11 is 0. The lowest BCUT2D eigenvalue weighted by Crippen LogP contribution is -2.11. The van der Waals surface area contributed by atoms with Crippen molar-refractivity contribution in [2.45, 2.75) is 12.5 Å². The van der Waals surface area contributed by atoms with Crippen LogP contribution in [0.3, 0.4) is 0 Å². The molecule has 1 aromatic carbocycles. The van der Waals surface area contributed by atoms with Crippen LogP contribution in [0.15, 0.2) is 24.3 Å². The number of hydrogen-bond acceptors (Lipinski definition) is 3. The second kappa shape index (κ2) is 3.77. The number of hydrogen-bond donors (Lipinski definition) is 1. The standard InChI is InChI=1S/C10H13NO2/c1-12-9-4-2-3-8(7-9)10-5-6-13-11-10/h2-4,7,10-11H,5-6H2,1H3/t10-/m1/s1. The number of hydroxylamine groups is 1. The Bertz CT molecular complexity index is 282. The summed E-state index contributed by atoms with van der Waals surface area (Å²) in [6.45, 7) is 0.780. The van der Waals surface area contributed by atoms with Gasteiger partial charge in [0.1, 0.15) is 5.75 Å². The normalized spacial score (nSPS) is 21.8. The van der Waals surface area contributed by atoms with Gasteiger partial charge in [-0.2, -0.15) is 5.48 Å². The topological polar surface area (TPSA) is 30.5 Å². The molecule has 1 N–H and O–H groups in total. The van der Waals surface area contributed by atoms with Crippen LogP contribution in [0.4, 0.5) is 0 Å². The first kappa shape index (κ1) is 8.53. The number of rotatable bonds is 2. The van der Waals surface area contributed by atoms with Gasteiger partial charge in [0.05, 0.1) is 19.8 Å². The van der Waals surface area contributed by atoms with E-state index in [0.717, 1.165) is 18.8 Å². The quantitative estimate of drug-likeness (QED) is 0.749. The third-order valence-corrected chi connectivity index (χ3v) is 2.23. The van der Waals surface area contributed by atoms with E-state index in [-0.39, 0.29) is 0 Å². The predicted octanol–water partition coefficient (Wildman–Crippen LogP) is 1.66. The Morgan fingerprint density at radius 3 is 3.15 bits per heavy atom. The SMILES string of the molecule is COc1cccc([C@H]2CCON2)c1. The van der Waals surface area contributed by atoms with E-state index in [1.54, 1.807) is 7.11 Å². The smallest absolute Gasteiger partial charge is 0.119 e. The largest absolute Gasteiger partial charge is 0.497 e. The molecule has 2 rings (SSSR count). The van der Waals surface area contributed by atoms with E-state index in [9.17, 15) is 0 Å². The van der Waals surface area contributed by atoms with Crippen molar-refractivity contribution in [1.82, 2.24) is 5.48 Å². The van der Waals surface area contributed by atoms with Crippen LogP contribution in [0.2, 0.25) is 0 Å². The minimum atomic E-state index is 0.315. The van der Waals surface area contributed by atoms with Crippen LogP contribution < -0.4 is 10.2 Å². The summed E-state index contributed by atoms with van der Waals surface area (Å²) in [7, 11) is 1.68. The summed E-state index contributed by atoms with van der Waals surface area (Å²) in [5, 5.41) is 0. The molecule has 3 nitrogen and oxygen atoms in total. The molecule has 3 heteroatoms. The van der Waals surface area contributed by atoms with Gasteiger partial charge in [0.15, 0.2) is 0 Å². The average molecular weight is 179 g/mol. The Morgan fingerprint density at radius 2 is 2.46 bits per heavy atom. The van der Waals surface area contributed by atoms with E-state index in [1.807, 2.05) is 18.2 Å². The fourth-order valence-electron chi connectivity index (χ4n) is 1.49. The van der Waals surface area contributed by atoms with Gasteiger partial charge in [0.25, 0.3) is 0 Å². The molecule has 1 aliphatic rings. The van der Waals surface area contributed by atoms with Crippen molar-refractivity contribution in [3.05, 3.63) is 29.8 Å². The van der Waals surface area contributed by atoms with Gasteiger partial charge in [0, 0.05) is 0 Å². The Kier molecular flexibility index (Phi) is 2.47. The molecule has 0 saturated carbocycles. The van der Waals surface area contributed by atoms with Gasteiger partial charge in [0.2, 0.25) is 0 Å². The summed E-state index contributed by atoms with van der Waals surface area (Å²) in [6.07, 6.45) is 1.02. The summed E-state index contributed by atoms with van der Waals surface area (Å²) < 4.78 is 5.15. The van der Waals surface area contributed by atoms with Gasteiger partial charge >= 0.3 is 0 Å². The van der Waals surface area contributed by atoms with Gasteiger partial charge in [-0.25, -0.2) is 0 Å². The molecule has 0 spiro atoms. The van der Waals surface area contributed by atoms with Crippen LogP contribution in [0.5, 0.6) is 5.75 Å². The molecule has 0 unspecified atom stereocenters. The maximum absolute atomic E-state index is 5.15. The third-order valence-electron chi connectivity index (χ3n) is 2.23. The van der Waals surface area contributed by atoms with Crippen LogP contribution in [-0.2, 0) is 4.84 Å². The van der Waals surface area contributed by atoms with Crippen LogP contribution in [0.25, 0.3) is 0 Å². The molecule has 0 aromatic heterocycles. The summed E-state index contributed by atoms with van der Waals surface area (Å²) in [5.41, 5.74) is 4.19. The minimum absolute atomic E-state index is 0.315. The molecule has 1 aromatic rings. The van der Waals surface area contributed by atoms with Crippen molar-refractivity contribution in [3.8, 4) is 5.75 Å². The first-order valence-electron chi connectivity index (χ1n) is 4.41. The van der Waals surface area contributed by atoms with Crippen LogP contribution in [0, 0.1) is 0 Å². The molecular formula is C10H13NO2. The van der Waals surface area contributed by atoms with E-state index in [1.165, 1.54) is 5.56 Å². The molecule has 0 bridgehead atoms. The molecule has 0 radical (unpaired) electrons. The van der Waals surface area contributed by atoms with E-state index >= 15 is 0 Å². The molecule has 1 fully saturated rings. The highest BCUT2D eigenvalue weighted by Crippen LogP contribution is 2.24. The van der Waals surface area contributed by atoms with E-state index in [0.29, 0.717) is 6.04 Å². The van der Waals surface area contributed by atoms with Crippen LogP contribution >= 0.6 is 0 Å². The average Bonchev–Trinajstić information content (AvgIpc) is 2.71. The lowest BCUT2D eigenvalue weighted by atomic mass is 10.1. The second-order valence-electron chi connectivity index (χ2n) is 3.08. The Labute approximate surface area is 77.6 Å². The summed E-state index contributed by atoms with van der Waals surface area (Å²) in [5.74, 6) is 0.895. The number of methoxy groups -OCH3 is 1. The maximum Gasteiger partial charge on any atom is 0.119 e. The zero-order valence-electron chi connectivity index (χ0n) is 7.62. The molecule has 70 valence electrons. The molecule has 1 aliphatic heterocycles. The van der Waals surface area contributed by atoms with Crippen molar-refractivity contribution < 1.29 is 9.57 Å². The van der Waals surface area contributed by atoms with Crippen molar-refractivity contribution in [2.75, 3.05) is 13.7 Å². The molecular weight excluding hydrogens is 166 g/mol. The van der Waals surface area contributed by atoms with Gasteiger partial charge in [-0.15, -0.1) is 0 Å². The first-order valence-corrected chi connectivity index (χ1v) is 4.41. The minimum Gasteiger partial charge on any atom is -0.497 e. The molecule has 0 aliphatic carbocycles.